The third-order valence-electron chi connectivity index (χ3n) is 5.17. The Bertz CT molecular complexity index is 524. The molecule has 1 aliphatic carbocycles. The highest BCUT2D eigenvalue weighted by Gasteiger charge is 2.51. The molecule has 1 unspecified atom stereocenters. The zero-order valence-corrected chi connectivity index (χ0v) is 13.4. The van der Waals surface area contributed by atoms with E-state index in [4.69, 9.17) is 4.74 Å². The average molecular weight is 307 g/mol. The molecule has 2 fully saturated rings. The van der Waals surface area contributed by atoms with Gasteiger partial charge in [0.1, 0.15) is 12.2 Å². The molecule has 3 rings (SSSR count). The van der Waals surface area contributed by atoms with Crippen LogP contribution in [-0.4, -0.2) is 59.0 Å². The molecule has 1 aliphatic heterocycles. The third kappa shape index (κ3) is 2.69. The Hall–Kier alpha value is -1.63. The topological polar surface area (TPSA) is 72.3 Å². The number of urea groups is 1. The van der Waals surface area contributed by atoms with E-state index in [-0.39, 0.29) is 17.4 Å². The predicted molar refractivity (Wildman–Crippen MR) is 81.5 cm³/mol. The molecule has 2 heterocycles. The molecule has 1 aromatic rings. The number of hydrogen-bond donors (Lipinski definition) is 1. The van der Waals surface area contributed by atoms with Crippen LogP contribution in [-0.2, 0) is 11.8 Å². The van der Waals surface area contributed by atoms with Crippen molar-refractivity contribution in [3.05, 3.63) is 12.2 Å². The van der Waals surface area contributed by atoms with Gasteiger partial charge in [0.15, 0.2) is 0 Å². The fraction of sp³-hybridized carbons (Fsp3) is 0.800. The summed E-state index contributed by atoms with van der Waals surface area (Å²) in [6.07, 6.45) is 6.58. The van der Waals surface area contributed by atoms with E-state index in [2.05, 4.69) is 15.5 Å². The van der Waals surface area contributed by atoms with Crippen LogP contribution < -0.4 is 5.32 Å². The van der Waals surface area contributed by atoms with Crippen LogP contribution in [0.15, 0.2) is 6.33 Å². The van der Waals surface area contributed by atoms with Gasteiger partial charge in [-0.1, -0.05) is 12.8 Å². The van der Waals surface area contributed by atoms with E-state index in [1.807, 2.05) is 16.5 Å². The Kier molecular flexibility index (Phi) is 4.33. The molecule has 122 valence electrons. The third-order valence-corrected chi connectivity index (χ3v) is 5.17. The van der Waals surface area contributed by atoms with Crippen LogP contribution in [0, 0.1) is 5.41 Å². The lowest BCUT2D eigenvalue weighted by molar-refractivity contribution is 0.181. The van der Waals surface area contributed by atoms with Crippen molar-refractivity contribution in [1.82, 2.24) is 25.0 Å². The van der Waals surface area contributed by atoms with Crippen LogP contribution in [0.4, 0.5) is 4.79 Å². The van der Waals surface area contributed by atoms with Gasteiger partial charge in [-0.3, -0.25) is 0 Å². The minimum atomic E-state index is 0.00740. The maximum absolute atomic E-state index is 12.4. The van der Waals surface area contributed by atoms with Crippen LogP contribution in [0.25, 0.3) is 0 Å². The maximum atomic E-state index is 12.4. The first kappa shape index (κ1) is 15.3. The first-order chi connectivity index (χ1) is 10.7. The number of hydrogen-bond acceptors (Lipinski definition) is 4. The molecule has 2 aliphatic rings. The summed E-state index contributed by atoms with van der Waals surface area (Å²) in [6, 6.07) is 0.00740. The number of rotatable bonds is 4. The van der Waals surface area contributed by atoms with Crippen LogP contribution in [0.3, 0.4) is 0 Å². The van der Waals surface area contributed by atoms with Gasteiger partial charge >= 0.3 is 6.03 Å². The lowest BCUT2D eigenvalue weighted by Gasteiger charge is -2.28. The van der Waals surface area contributed by atoms with Crippen molar-refractivity contribution >= 4 is 6.03 Å². The van der Waals surface area contributed by atoms with Gasteiger partial charge in [0.05, 0.1) is 6.61 Å². The quantitative estimate of drug-likeness (QED) is 0.847. The molecule has 0 aromatic carbocycles. The fourth-order valence-electron chi connectivity index (χ4n) is 4.04. The van der Waals surface area contributed by atoms with Gasteiger partial charge in [0.2, 0.25) is 0 Å². The maximum Gasteiger partial charge on any atom is 0.317 e. The summed E-state index contributed by atoms with van der Waals surface area (Å²) >= 11 is 0. The summed E-state index contributed by atoms with van der Waals surface area (Å²) in [4.78, 5) is 14.3. The number of likely N-dealkylation sites (tertiary alicyclic amines) is 1. The first-order valence-electron chi connectivity index (χ1n) is 8.02. The zero-order valence-electron chi connectivity index (χ0n) is 13.4. The van der Waals surface area contributed by atoms with Crippen molar-refractivity contribution < 1.29 is 9.53 Å². The monoisotopic (exact) mass is 307 g/mol. The largest absolute Gasteiger partial charge is 0.383 e. The molecular formula is C15H25N5O2. The molecule has 1 N–H and O–H groups in total. The Balaban J connectivity index is 1.75. The summed E-state index contributed by atoms with van der Waals surface area (Å²) in [5.74, 6) is 1.30. The second-order valence-corrected chi connectivity index (χ2v) is 6.53. The highest BCUT2D eigenvalue weighted by Crippen LogP contribution is 2.52. The molecule has 7 heteroatoms. The van der Waals surface area contributed by atoms with Gasteiger partial charge in [-0.25, -0.2) is 4.79 Å². The van der Waals surface area contributed by atoms with Crippen molar-refractivity contribution in [3.8, 4) is 0 Å². The Morgan fingerprint density at radius 3 is 2.91 bits per heavy atom. The minimum absolute atomic E-state index is 0.00740. The van der Waals surface area contributed by atoms with Crippen molar-refractivity contribution in [2.75, 3.05) is 33.4 Å². The van der Waals surface area contributed by atoms with E-state index in [1.54, 1.807) is 13.4 Å². The molecule has 1 spiro atoms. The summed E-state index contributed by atoms with van der Waals surface area (Å²) in [5, 5.41) is 11.3. The molecule has 2 amide bonds. The normalized spacial score (nSPS) is 23.4. The summed E-state index contributed by atoms with van der Waals surface area (Å²) < 4.78 is 6.99. The highest BCUT2D eigenvalue weighted by molar-refractivity contribution is 5.74. The molecule has 22 heavy (non-hydrogen) atoms. The number of aromatic nitrogens is 3. The van der Waals surface area contributed by atoms with Crippen LogP contribution in [0.5, 0.6) is 0 Å². The first-order valence-corrected chi connectivity index (χ1v) is 8.02. The number of nitrogens with zero attached hydrogens (tertiary/aromatic N) is 4. The average Bonchev–Trinajstić information content (AvgIpc) is 3.21. The van der Waals surface area contributed by atoms with Crippen molar-refractivity contribution in [3.63, 3.8) is 0 Å². The van der Waals surface area contributed by atoms with Gasteiger partial charge < -0.3 is 19.5 Å². The Morgan fingerprint density at radius 2 is 2.27 bits per heavy atom. The van der Waals surface area contributed by atoms with Gasteiger partial charge in [0.25, 0.3) is 0 Å². The Morgan fingerprint density at radius 1 is 1.50 bits per heavy atom. The van der Waals surface area contributed by atoms with E-state index in [9.17, 15) is 4.79 Å². The fourth-order valence-corrected chi connectivity index (χ4v) is 4.04. The van der Waals surface area contributed by atoms with Crippen LogP contribution in [0.2, 0.25) is 0 Å². The van der Waals surface area contributed by atoms with Crippen molar-refractivity contribution in [1.29, 1.82) is 0 Å². The number of ether oxygens (including phenoxy) is 1. The van der Waals surface area contributed by atoms with Crippen molar-refractivity contribution in [2.24, 2.45) is 12.5 Å². The molecule has 0 radical (unpaired) electrons. The number of aryl methyl sites for hydroxylation is 1. The molecule has 7 nitrogen and oxygen atoms in total. The minimum Gasteiger partial charge on any atom is -0.383 e. The van der Waals surface area contributed by atoms with Crippen LogP contribution in [0.1, 0.15) is 37.4 Å². The van der Waals surface area contributed by atoms with Gasteiger partial charge in [-0.05, 0) is 18.3 Å². The lowest BCUT2D eigenvalue weighted by atomic mass is 9.76. The molecule has 0 bridgehead atoms. The van der Waals surface area contributed by atoms with E-state index in [1.165, 1.54) is 25.7 Å². The number of methoxy groups -OCH3 is 1. The number of carbonyl (C=O) groups is 1. The van der Waals surface area contributed by atoms with E-state index in [0.717, 1.165) is 18.9 Å². The van der Waals surface area contributed by atoms with E-state index < -0.39 is 0 Å². The summed E-state index contributed by atoms with van der Waals surface area (Å²) in [7, 11) is 3.62. The summed E-state index contributed by atoms with van der Waals surface area (Å²) in [5.41, 5.74) is 0.180. The SMILES string of the molecule is COCCNC(=O)N1CC(c2nncn2C)C2(CCCC2)C1. The molecule has 1 saturated heterocycles. The van der Waals surface area contributed by atoms with E-state index in [0.29, 0.717) is 13.2 Å². The Labute approximate surface area is 131 Å². The second kappa shape index (κ2) is 6.24. The molecule has 1 saturated carbocycles. The van der Waals surface area contributed by atoms with Gasteiger partial charge in [-0.2, -0.15) is 0 Å². The smallest absolute Gasteiger partial charge is 0.317 e. The molecule has 1 atom stereocenters. The van der Waals surface area contributed by atoms with Gasteiger partial charge in [0, 0.05) is 39.7 Å². The van der Waals surface area contributed by atoms with Crippen molar-refractivity contribution in [2.45, 2.75) is 31.6 Å². The zero-order chi connectivity index (χ0) is 15.6. The second-order valence-electron chi connectivity index (χ2n) is 6.53. The molecule has 1 aromatic heterocycles. The van der Waals surface area contributed by atoms with Gasteiger partial charge in [-0.15, -0.1) is 10.2 Å². The standard InChI is InChI=1S/C15H25N5O2/c1-19-11-17-18-13(19)12-9-20(14(21)16-7-8-22-2)10-15(12)5-3-4-6-15/h11-12H,3-10H2,1-2H3,(H,16,21). The van der Waals surface area contributed by atoms with Crippen LogP contribution >= 0.6 is 0 Å². The lowest BCUT2D eigenvalue weighted by Crippen LogP contribution is -2.40. The van der Waals surface area contributed by atoms with E-state index >= 15 is 0 Å². The molecular weight excluding hydrogens is 282 g/mol. The number of amides is 2. The predicted octanol–water partition coefficient (Wildman–Crippen LogP) is 1.13. The summed E-state index contributed by atoms with van der Waals surface area (Å²) in [6.45, 7) is 2.64. The number of nitrogens with one attached hydrogen (secondary N) is 1. The highest BCUT2D eigenvalue weighted by atomic mass is 16.5. The number of carbonyl (C=O) groups excluding carboxylic acids is 1.